The fourth-order valence-electron chi connectivity index (χ4n) is 4.08. The van der Waals surface area contributed by atoms with E-state index in [-0.39, 0.29) is 16.7 Å². The molecule has 1 aliphatic heterocycles. The Morgan fingerprint density at radius 2 is 1.81 bits per heavy atom. The lowest BCUT2D eigenvalue weighted by atomic mass is 10.1. The van der Waals surface area contributed by atoms with Crippen molar-refractivity contribution in [2.45, 2.75) is 36.3 Å². The second kappa shape index (κ2) is 6.80. The predicted octanol–water partition coefficient (Wildman–Crippen LogP) is 3.08. The van der Waals surface area contributed by atoms with E-state index in [2.05, 4.69) is 4.90 Å². The highest BCUT2D eigenvalue weighted by molar-refractivity contribution is 7.90. The standard InChI is InChI=1S/C20H22FNO4S/c1-27(24,25)15-6-4-14(5-7-15)26-20-17-10-13(23)11-18(21)16(17)12-19(20)22-8-2-3-9-22/h4-7,10-11,19-20,23H,2-3,8-9,12H2,1H3. The van der Waals surface area contributed by atoms with Crippen LogP contribution in [0.3, 0.4) is 0 Å². The van der Waals surface area contributed by atoms with Crippen molar-refractivity contribution < 1.29 is 22.7 Å². The Bertz CT molecular complexity index is 953. The van der Waals surface area contributed by atoms with Crippen LogP contribution in [0.25, 0.3) is 0 Å². The van der Waals surface area contributed by atoms with E-state index < -0.39 is 21.8 Å². The number of phenolic OH excluding ortho intramolecular Hbond substituents is 1. The summed E-state index contributed by atoms with van der Waals surface area (Å²) in [4.78, 5) is 2.54. The summed E-state index contributed by atoms with van der Waals surface area (Å²) in [5.41, 5.74) is 1.25. The van der Waals surface area contributed by atoms with Crippen LogP contribution in [0, 0.1) is 5.82 Å². The highest BCUT2D eigenvalue weighted by Crippen LogP contribution is 2.41. The summed E-state index contributed by atoms with van der Waals surface area (Å²) in [6.07, 6.45) is 3.49. The molecule has 1 saturated heterocycles. The molecule has 5 nitrogen and oxygen atoms in total. The first-order valence-electron chi connectivity index (χ1n) is 9.05. The van der Waals surface area contributed by atoms with Crippen molar-refractivity contribution in [3.8, 4) is 11.5 Å². The molecular formula is C20H22FNO4S. The number of benzene rings is 2. The third-order valence-electron chi connectivity index (χ3n) is 5.41. The van der Waals surface area contributed by atoms with Crippen molar-refractivity contribution in [3.05, 3.63) is 53.3 Å². The average molecular weight is 391 g/mol. The second-order valence-corrected chi connectivity index (χ2v) is 9.31. The van der Waals surface area contributed by atoms with Gasteiger partial charge in [-0.25, -0.2) is 12.8 Å². The zero-order chi connectivity index (χ0) is 19.2. The predicted molar refractivity (Wildman–Crippen MR) is 99.3 cm³/mol. The van der Waals surface area contributed by atoms with E-state index in [1.54, 1.807) is 18.2 Å². The van der Waals surface area contributed by atoms with Crippen LogP contribution in [0.4, 0.5) is 4.39 Å². The topological polar surface area (TPSA) is 66.8 Å². The largest absolute Gasteiger partial charge is 0.508 e. The van der Waals surface area contributed by atoms with Gasteiger partial charge >= 0.3 is 0 Å². The lowest BCUT2D eigenvalue weighted by Gasteiger charge is -2.30. The van der Waals surface area contributed by atoms with Crippen LogP contribution in [0.15, 0.2) is 41.3 Å². The lowest BCUT2D eigenvalue weighted by molar-refractivity contribution is 0.0939. The van der Waals surface area contributed by atoms with Crippen LogP contribution in [0.5, 0.6) is 11.5 Å². The number of halogens is 1. The molecule has 4 rings (SSSR count). The average Bonchev–Trinajstić information content (AvgIpc) is 3.23. The Morgan fingerprint density at radius 1 is 1.15 bits per heavy atom. The van der Waals surface area contributed by atoms with Gasteiger partial charge in [-0.1, -0.05) is 0 Å². The highest BCUT2D eigenvalue weighted by Gasteiger charge is 2.40. The fraction of sp³-hybridized carbons (Fsp3) is 0.400. The number of aromatic hydroxyl groups is 1. The number of phenols is 1. The van der Waals surface area contributed by atoms with E-state index >= 15 is 0 Å². The number of ether oxygens (including phenoxy) is 1. The second-order valence-electron chi connectivity index (χ2n) is 7.29. The molecule has 0 aromatic heterocycles. The number of sulfone groups is 1. The van der Waals surface area contributed by atoms with Gasteiger partial charge in [-0.2, -0.15) is 0 Å². The van der Waals surface area contributed by atoms with Crippen LogP contribution in [0.1, 0.15) is 30.1 Å². The van der Waals surface area contributed by atoms with Crippen molar-refractivity contribution in [3.63, 3.8) is 0 Å². The molecule has 2 unspecified atom stereocenters. The van der Waals surface area contributed by atoms with Crippen LogP contribution in [-0.2, 0) is 16.3 Å². The Kier molecular flexibility index (Phi) is 4.60. The van der Waals surface area contributed by atoms with E-state index in [1.165, 1.54) is 12.1 Å². The molecule has 0 radical (unpaired) electrons. The number of likely N-dealkylation sites (tertiary alicyclic amines) is 1. The maximum absolute atomic E-state index is 14.4. The zero-order valence-electron chi connectivity index (χ0n) is 15.1. The Labute approximate surface area is 158 Å². The van der Waals surface area contributed by atoms with Gasteiger partial charge in [0.25, 0.3) is 0 Å². The summed E-state index contributed by atoms with van der Waals surface area (Å²) in [7, 11) is -3.28. The Hall–Kier alpha value is -2.12. The Morgan fingerprint density at radius 3 is 2.44 bits per heavy atom. The van der Waals surface area contributed by atoms with Gasteiger partial charge in [0.15, 0.2) is 9.84 Å². The summed E-state index contributed by atoms with van der Waals surface area (Å²) in [5.74, 6) is -0.00438. The SMILES string of the molecule is CS(=O)(=O)c1ccc(OC2c3cc(O)cc(F)c3CC2N2CCCC2)cc1. The maximum atomic E-state index is 14.4. The smallest absolute Gasteiger partial charge is 0.175 e. The fourth-order valence-corrected chi connectivity index (χ4v) is 4.71. The molecule has 27 heavy (non-hydrogen) atoms. The molecule has 0 spiro atoms. The molecule has 2 aliphatic rings. The van der Waals surface area contributed by atoms with Crippen LogP contribution >= 0.6 is 0 Å². The first-order chi connectivity index (χ1) is 12.8. The molecule has 0 amide bonds. The summed E-state index contributed by atoms with van der Waals surface area (Å²) in [6.45, 7) is 1.89. The molecule has 0 saturated carbocycles. The first-order valence-corrected chi connectivity index (χ1v) is 10.9. The van der Waals surface area contributed by atoms with E-state index in [9.17, 15) is 17.9 Å². The maximum Gasteiger partial charge on any atom is 0.175 e. The summed E-state index contributed by atoms with van der Waals surface area (Å²) < 4.78 is 43.9. The number of fused-ring (bicyclic) bond motifs is 1. The quantitative estimate of drug-likeness (QED) is 0.868. The van der Waals surface area contributed by atoms with Crippen LogP contribution < -0.4 is 4.74 Å². The number of hydrogen-bond donors (Lipinski definition) is 1. The van der Waals surface area contributed by atoms with Crippen molar-refractivity contribution in [2.75, 3.05) is 19.3 Å². The highest BCUT2D eigenvalue weighted by atomic mass is 32.2. The van der Waals surface area contributed by atoms with Gasteiger partial charge in [-0.15, -0.1) is 0 Å². The first kappa shape index (κ1) is 18.3. The monoisotopic (exact) mass is 391 g/mol. The van der Waals surface area contributed by atoms with Gasteiger partial charge in [0.05, 0.1) is 10.9 Å². The van der Waals surface area contributed by atoms with Gasteiger partial charge in [-0.3, -0.25) is 4.90 Å². The van der Waals surface area contributed by atoms with Gasteiger partial charge in [0, 0.05) is 17.9 Å². The molecule has 1 fully saturated rings. The van der Waals surface area contributed by atoms with Crippen LogP contribution in [0.2, 0.25) is 0 Å². The minimum absolute atomic E-state index is 0.00613. The van der Waals surface area contributed by atoms with Crippen molar-refractivity contribution in [1.29, 1.82) is 0 Å². The van der Waals surface area contributed by atoms with Gasteiger partial charge in [-0.05, 0) is 68.2 Å². The Balaban J connectivity index is 1.67. The molecule has 2 atom stereocenters. The van der Waals surface area contributed by atoms with E-state index in [4.69, 9.17) is 4.74 Å². The number of rotatable bonds is 4. The summed E-state index contributed by atoms with van der Waals surface area (Å²) in [6, 6.07) is 8.97. The molecule has 1 aliphatic carbocycles. The van der Waals surface area contributed by atoms with Crippen molar-refractivity contribution in [2.24, 2.45) is 0 Å². The molecule has 2 aromatic rings. The van der Waals surface area contributed by atoms with Crippen molar-refractivity contribution in [1.82, 2.24) is 4.90 Å². The molecule has 0 bridgehead atoms. The minimum Gasteiger partial charge on any atom is -0.508 e. The molecule has 144 valence electrons. The van der Waals surface area contributed by atoms with Gasteiger partial charge in [0.1, 0.15) is 23.4 Å². The van der Waals surface area contributed by atoms with E-state index in [0.29, 0.717) is 23.3 Å². The number of hydrogen-bond acceptors (Lipinski definition) is 5. The zero-order valence-corrected chi connectivity index (χ0v) is 15.9. The molecular weight excluding hydrogens is 369 g/mol. The molecule has 2 aromatic carbocycles. The molecule has 1 heterocycles. The molecule has 1 N–H and O–H groups in total. The summed E-state index contributed by atoms with van der Waals surface area (Å²) in [5, 5.41) is 9.86. The number of nitrogens with zero attached hydrogens (tertiary/aromatic N) is 1. The third kappa shape index (κ3) is 3.53. The third-order valence-corrected chi connectivity index (χ3v) is 6.54. The van der Waals surface area contributed by atoms with E-state index in [0.717, 1.165) is 38.3 Å². The van der Waals surface area contributed by atoms with Gasteiger partial charge in [0.2, 0.25) is 0 Å². The molecule has 7 heteroatoms. The van der Waals surface area contributed by atoms with Crippen LogP contribution in [-0.4, -0.2) is 43.8 Å². The summed E-state index contributed by atoms with van der Waals surface area (Å²) >= 11 is 0. The minimum atomic E-state index is -3.28. The van der Waals surface area contributed by atoms with Gasteiger partial charge < -0.3 is 9.84 Å². The van der Waals surface area contributed by atoms with Crippen molar-refractivity contribution >= 4 is 9.84 Å². The van der Waals surface area contributed by atoms with E-state index in [1.807, 2.05) is 0 Å². The lowest BCUT2D eigenvalue weighted by Crippen LogP contribution is -2.38. The normalized spacial score (nSPS) is 22.7.